The number of anilines is 1. The number of halogens is 1. The Morgan fingerprint density at radius 2 is 1.97 bits per heavy atom. The van der Waals surface area contributed by atoms with Crippen molar-refractivity contribution in [3.8, 4) is 17.2 Å². The Morgan fingerprint density at radius 3 is 2.72 bits per heavy atom. The number of nitrogens with one attached hydrogen (secondary N) is 2. The van der Waals surface area contributed by atoms with E-state index in [1.807, 2.05) is 30.3 Å². The van der Waals surface area contributed by atoms with E-state index in [1.165, 1.54) is 6.08 Å². The number of rotatable bonds is 5. The highest BCUT2D eigenvalue weighted by Gasteiger charge is 2.10. The molecule has 0 saturated carbocycles. The predicted molar refractivity (Wildman–Crippen MR) is 131 cm³/mol. The first kappa shape index (κ1) is 21.7. The molecular weight excluding hydrogens is 492 g/mol. The molecular formula is C23H17BrN4O3S. The second-order valence-corrected chi connectivity index (χ2v) is 7.97. The van der Waals surface area contributed by atoms with E-state index in [1.54, 1.807) is 43.8 Å². The summed E-state index contributed by atoms with van der Waals surface area (Å²) in [7, 11) is 1.60. The number of oxazole rings is 1. The first-order valence-corrected chi connectivity index (χ1v) is 10.7. The molecule has 7 nitrogen and oxygen atoms in total. The number of benzene rings is 2. The van der Waals surface area contributed by atoms with Crippen LogP contribution in [0, 0.1) is 0 Å². The number of carbonyl (C=O) groups is 1. The van der Waals surface area contributed by atoms with Crippen LogP contribution in [0.5, 0.6) is 5.75 Å². The largest absolute Gasteiger partial charge is 0.497 e. The van der Waals surface area contributed by atoms with Crippen LogP contribution in [-0.4, -0.2) is 28.1 Å². The lowest BCUT2D eigenvalue weighted by molar-refractivity contribution is -0.115. The molecule has 9 heteroatoms. The molecule has 32 heavy (non-hydrogen) atoms. The van der Waals surface area contributed by atoms with Crippen molar-refractivity contribution in [3.05, 3.63) is 77.0 Å². The maximum Gasteiger partial charge on any atom is 0.250 e. The van der Waals surface area contributed by atoms with Crippen molar-refractivity contribution in [2.24, 2.45) is 0 Å². The molecule has 0 aliphatic heterocycles. The summed E-state index contributed by atoms with van der Waals surface area (Å²) in [6.07, 6.45) is 6.47. The molecule has 0 spiro atoms. The summed E-state index contributed by atoms with van der Waals surface area (Å²) in [5, 5.41) is 5.78. The maximum atomic E-state index is 12.2. The SMILES string of the molecule is COc1ccc(/C=C/C(=O)NC(=S)Nc2ccc3oc(-c4cncc(Br)c4)nc3c2)cc1. The predicted octanol–water partition coefficient (Wildman–Crippen LogP) is 5.19. The van der Waals surface area contributed by atoms with Crippen molar-refractivity contribution in [3.63, 3.8) is 0 Å². The van der Waals surface area contributed by atoms with Gasteiger partial charge in [-0.3, -0.25) is 15.1 Å². The third-order valence-corrected chi connectivity index (χ3v) is 5.01. The van der Waals surface area contributed by atoms with Crippen LogP contribution in [0.1, 0.15) is 5.56 Å². The molecule has 2 aromatic heterocycles. The monoisotopic (exact) mass is 508 g/mol. The average molecular weight is 509 g/mol. The Morgan fingerprint density at radius 1 is 1.16 bits per heavy atom. The number of ether oxygens (including phenoxy) is 1. The van der Waals surface area contributed by atoms with Gasteiger partial charge < -0.3 is 14.5 Å². The van der Waals surface area contributed by atoms with Gasteiger partial charge in [-0.2, -0.15) is 0 Å². The van der Waals surface area contributed by atoms with Gasteiger partial charge in [0.1, 0.15) is 11.3 Å². The summed E-state index contributed by atoms with van der Waals surface area (Å²) in [5.41, 5.74) is 3.58. The number of fused-ring (bicyclic) bond motifs is 1. The second-order valence-electron chi connectivity index (χ2n) is 6.64. The lowest BCUT2D eigenvalue weighted by atomic mass is 10.2. The highest BCUT2D eigenvalue weighted by atomic mass is 79.9. The lowest BCUT2D eigenvalue weighted by Crippen LogP contribution is -2.32. The number of nitrogens with zero attached hydrogens (tertiary/aromatic N) is 2. The summed E-state index contributed by atoms with van der Waals surface area (Å²) < 4.78 is 11.8. The Labute approximate surface area is 197 Å². The molecule has 0 aliphatic carbocycles. The van der Waals surface area contributed by atoms with Crippen LogP contribution in [0.15, 0.2) is 75.9 Å². The molecule has 2 heterocycles. The number of hydrogen-bond acceptors (Lipinski definition) is 6. The van der Waals surface area contributed by atoms with Crippen molar-refractivity contribution >= 4 is 62.0 Å². The molecule has 0 fully saturated rings. The number of methoxy groups -OCH3 is 1. The third-order valence-electron chi connectivity index (χ3n) is 4.38. The normalized spacial score (nSPS) is 10.9. The van der Waals surface area contributed by atoms with Crippen molar-refractivity contribution in [2.45, 2.75) is 0 Å². The summed E-state index contributed by atoms with van der Waals surface area (Å²) >= 11 is 8.64. The summed E-state index contributed by atoms with van der Waals surface area (Å²) in [6, 6.07) is 14.6. The van der Waals surface area contributed by atoms with E-state index in [4.69, 9.17) is 21.4 Å². The van der Waals surface area contributed by atoms with Crippen molar-refractivity contribution < 1.29 is 13.9 Å². The van der Waals surface area contributed by atoms with Gasteiger partial charge in [0.25, 0.3) is 0 Å². The van der Waals surface area contributed by atoms with Crippen LogP contribution in [0.3, 0.4) is 0 Å². The summed E-state index contributed by atoms with van der Waals surface area (Å²) in [6.45, 7) is 0. The van der Waals surface area contributed by atoms with Crippen molar-refractivity contribution in [2.75, 3.05) is 12.4 Å². The fourth-order valence-electron chi connectivity index (χ4n) is 2.86. The van der Waals surface area contributed by atoms with Crippen LogP contribution in [0.4, 0.5) is 5.69 Å². The van der Waals surface area contributed by atoms with Crippen LogP contribution in [-0.2, 0) is 4.79 Å². The van der Waals surface area contributed by atoms with E-state index in [0.29, 0.717) is 22.7 Å². The minimum Gasteiger partial charge on any atom is -0.497 e. The van der Waals surface area contributed by atoms with Crippen LogP contribution < -0.4 is 15.4 Å². The first-order chi connectivity index (χ1) is 15.5. The zero-order chi connectivity index (χ0) is 22.5. The minimum absolute atomic E-state index is 0.175. The molecule has 0 atom stereocenters. The molecule has 0 bridgehead atoms. The van der Waals surface area contributed by atoms with E-state index < -0.39 is 0 Å². The fourth-order valence-corrected chi connectivity index (χ4v) is 3.44. The smallest absolute Gasteiger partial charge is 0.250 e. The van der Waals surface area contributed by atoms with Crippen LogP contribution in [0.2, 0.25) is 0 Å². The quantitative estimate of drug-likeness (QED) is 0.283. The van der Waals surface area contributed by atoms with E-state index in [2.05, 4.69) is 36.5 Å². The van der Waals surface area contributed by atoms with Gasteiger partial charge in [0.15, 0.2) is 10.7 Å². The van der Waals surface area contributed by atoms with Crippen molar-refractivity contribution in [1.29, 1.82) is 0 Å². The third kappa shape index (κ3) is 5.37. The van der Waals surface area contributed by atoms with Crippen LogP contribution in [0.25, 0.3) is 28.6 Å². The number of amides is 1. The highest BCUT2D eigenvalue weighted by molar-refractivity contribution is 9.10. The molecule has 2 N–H and O–H groups in total. The van der Waals surface area contributed by atoms with E-state index in [0.717, 1.165) is 21.3 Å². The topological polar surface area (TPSA) is 89.3 Å². The Balaban J connectivity index is 1.39. The molecule has 0 unspecified atom stereocenters. The second kappa shape index (κ2) is 9.71. The molecule has 2 aromatic carbocycles. The Hall–Kier alpha value is -3.56. The number of thiocarbonyl (C=S) groups is 1. The zero-order valence-corrected chi connectivity index (χ0v) is 19.2. The molecule has 4 aromatic rings. The lowest BCUT2D eigenvalue weighted by Gasteiger charge is -2.07. The number of aromatic nitrogens is 2. The molecule has 0 radical (unpaired) electrons. The van der Waals surface area contributed by atoms with Gasteiger partial charge in [-0.25, -0.2) is 4.98 Å². The number of carbonyl (C=O) groups excluding carboxylic acids is 1. The fraction of sp³-hybridized carbons (Fsp3) is 0.0435. The average Bonchev–Trinajstić information content (AvgIpc) is 3.21. The van der Waals surface area contributed by atoms with E-state index in [9.17, 15) is 4.79 Å². The Kier molecular flexibility index (Phi) is 6.58. The van der Waals surface area contributed by atoms with E-state index >= 15 is 0 Å². The number of hydrogen-bond donors (Lipinski definition) is 2. The van der Waals surface area contributed by atoms with E-state index in [-0.39, 0.29) is 11.0 Å². The summed E-state index contributed by atoms with van der Waals surface area (Å²) in [4.78, 5) is 20.8. The van der Waals surface area contributed by atoms with Crippen LogP contribution >= 0.6 is 28.1 Å². The first-order valence-electron chi connectivity index (χ1n) is 9.46. The molecule has 0 aliphatic rings. The van der Waals surface area contributed by atoms with Gasteiger partial charge in [0, 0.05) is 28.6 Å². The van der Waals surface area contributed by atoms with Gasteiger partial charge in [-0.1, -0.05) is 12.1 Å². The van der Waals surface area contributed by atoms with Crippen molar-refractivity contribution in [1.82, 2.24) is 15.3 Å². The molecule has 160 valence electrons. The van der Waals surface area contributed by atoms with Gasteiger partial charge >= 0.3 is 0 Å². The minimum atomic E-state index is -0.342. The standard InChI is InChI=1S/C23H17BrN4O3S/c1-30-18-6-2-14(3-7-18)4-9-21(29)28-23(32)26-17-5-8-20-19(11-17)27-22(31-20)15-10-16(24)13-25-12-15/h2-13H,1H3,(H2,26,28,29,32)/b9-4+. The maximum absolute atomic E-state index is 12.2. The zero-order valence-electron chi connectivity index (χ0n) is 16.8. The van der Waals surface area contributed by atoms with Gasteiger partial charge in [-0.15, -0.1) is 0 Å². The summed E-state index contributed by atoms with van der Waals surface area (Å²) in [5.74, 6) is 0.872. The highest BCUT2D eigenvalue weighted by Crippen LogP contribution is 2.27. The van der Waals surface area contributed by atoms with Gasteiger partial charge in [0.05, 0.1) is 12.7 Å². The Bertz CT molecular complexity index is 1320. The molecule has 0 saturated heterocycles. The molecule has 1 amide bonds. The number of pyridine rings is 1. The van der Waals surface area contributed by atoms with Gasteiger partial charge in [-0.05, 0) is 76.2 Å². The molecule has 4 rings (SSSR count). The van der Waals surface area contributed by atoms with Gasteiger partial charge in [0.2, 0.25) is 11.8 Å².